The van der Waals surface area contributed by atoms with Crippen molar-refractivity contribution < 1.29 is 9.50 Å². The van der Waals surface area contributed by atoms with Gasteiger partial charge in [-0.25, -0.2) is 4.39 Å². The van der Waals surface area contributed by atoms with Crippen molar-refractivity contribution in [3.05, 3.63) is 54.1 Å². The SMILES string of the molecule is CC(C)C(O)CNCc1ccc(-c2ccncc2)cc1F. The van der Waals surface area contributed by atoms with Crippen molar-refractivity contribution in [2.75, 3.05) is 6.54 Å². The Morgan fingerprint density at radius 3 is 2.48 bits per heavy atom. The van der Waals surface area contributed by atoms with Gasteiger partial charge in [0.15, 0.2) is 0 Å². The first kappa shape index (κ1) is 15.6. The van der Waals surface area contributed by atoms with Crippen LogP contribution >= 0.6 is 0 Å². The van der Waals surface area contributed by atoms with Crippen molar-refractivity contribution >= 4 is 0 Å². The molecule has 0 bridgehead atoms. The number of pyridine rings is 1. The van der Waals surface area contributed by atoms with Crippen LogP contribution in [0.25, 0.3) is 11.1 Å². The average molecular weight is 288 g/mol. The fourth-order valence-electron chi connectivity index (χ4n) is 2.01. The molecular formula is C17H21FN2O. The largest absolute Gasteiger partial charge is 0.392 e. The Bertz CT molecular complexity index is 572. The van der Waals surface area contributed by atoms with Gasteiger partial charge in [-0.3, -0.25) is 4.98 Å². The third-order valence-corrected chi connectivity index (χ3v) is 3.51. The predicted molar refractivity (Wildman–Crippen MR) is 82.2 cm³/mol. The molecular weight excluding hydrogens is 267 g/mol. The van der Waals surface area contributed by atoms with Crippen molar-refractivity contribution in [2.45, 2.75) is 26.5 Å². The van der Waals surface area contributed by atoms with Crippen molar-refractivity contribution in [2.24, 2.45) is 5.92 Å². The minimum atomic E-state index is -0.413. The molecule has 0 aliphatic rings. The molecule has 0 radical (unpaired) electrons. The summed E-state index contributed by atoms with van der Waals surface area (Å²) in [4.78, 5) is 3.95. The van der Waals surface area contributed by atoms with E-state index in [1.807, 2.05) is 32.0 Å². The summed E-state index contributed by atoms with van der Waals surface area (Å²) in [5, 5.41) is 12.8. The summed E-state index contributed by atoms with van der Waals surface area (Å²) in [5.41, 5.74) is 2.38. The fourth-order valence-corrected chi connectivity index (χ4v) is 2.01. The van der Waals surface area contributed by atoms with Crippen molar-refractivity contribution in [1.29, 1.82) is 0 Å². The Morgan fingerprint density at radius 2 is 1.86 bits per heavy atom. The fraction of sp³-hybridized carbons (Fsp3) is 0.353. The number of hydrogen-bond donors (Lipinski definition) is 2. The van der Waals surface area contributed by atoms with Crippen LogP contribution in [0, 0.1) is 11.7 Å². The molecule has 1 aromatic carbocycles. The van der Waals surface area contributed by atoms with Crippen LogP contribution in [0.2, 0.25) is 0 Å². The van der Waals surface area contributed by atoms with E-state index in [-0.39, 0.29) is 11.7 Å². The minimum absolute atomic E-state index is 0.191. The number of benzene rings is 1. The van der Waals surface area contributed by atoms with Crippen LogP contribution in [-0.4, -0.2) is 22.7 Å². The normalized spacial score (nSPS) is 12.6. The maximum atomic E-state index is 14.1. The molecule has 0 spiro atoms. The molecule has 1 heterocycles. The van der Waals surface area contributed by atoms with Gasteiger partial charge >= 0.3 is 0 Å². The van der Waals surface area contributed by atoms with Crippen LogP contribution in [0.1, 0.15) is 19.4 Å². The molecule has 4 heteroatoms. The predicted octanol–water partition coefficient (Wildman–Crippen LogP) is 2.99. The van der Waals surface area contributed by atoms with Crippen LogP contribution in [-0.2, 0) is 6.54 Å². The lowest BCUT2D eigenvalue weighted by atomic mass is 10.0. The Morgan fingerprint density at radius 1 is 1.14 bits per heavy atom. The molecule has 0 aliphatic heterocycles. The molecule has 2 N–H and O–H groups in total. The van der Waals surface area contributed by atoms with Crippen LogP contribution < -0.4 is 5.32 Å². The van der Waals surface area contributed by atoms with E-state index in [0.29, 0.717) is 18.7 Å². The second kappa shape index (κ2) is 7.29. The zero-order chi connectivity index (χ0) is 15.2. The van der Waals surface area contributed by atoms with E-state index < -0.39 is 6.10 Å². The molecule has 0 saturated carbocycles. The zero-order valence-electron chi connectivity index (χ0n) is 12.4. The Hall–Kier alpha value is -1.78. The van der Waals surface area contributed by atoms with Gasteiger partial charge in [0.25, 0.3) is 0 Å². The molecule has 112 valence electrons. The summed E-state index contributed by atoms with van der Waals surface area (Å²) < 4.78 is 14.1. The van der Waals surface area contributed by atoms with Crippen LogP contribution in [0.5, 0.6) is 0 Å². The number of nitrogens with one attached hydrogen (secondary N) is 1. The third-order valence-electron chi connectivity index (χ3n) is 3.51. The van der Waals surface area contributed by atoms with Gasteiger partial charge < -0.3 is 10.4 Å². The molecule has 1 unspecified atom stereocenters. The highest BCUT2D eigenvalue weighted by atomic mass is 19.1. The lowest BCUT2D eigenvalue weighted by molar-refractivity contribution is 0.123. The summed E-state index contributed by atoms with van der Waals surface area (Å²) in [5.74, 6) is -0.0488. The molecule has 2 rings (SSSR count). The number of rotatable bonds is 6. The smallest absolute Gasteiger partial charge is 0.128 e. The highest BCUT2D eigenvalue weighted by Gasteiger charge is 2.09. The Balaban J connectivity index is 2.00. The number of aliphatic hydroxyl groups is 1. The minimum Gasteiger partial charge on any atom is -0.392 e. The standard InChI is InChI=1S/C17H21FN2O/c1-12(2)17(21)11-20-10-15-4-3-14(9-16(15)18)13-5-7-19-8-6-13/h3-9,12,17,20-21H,10-11H2,1-2H3. The van der Waals surface area contributed by atoms with Gasteiger partial charge in [-0.1, -0.05) is 26.0 Å². The molecule has 0 aliphatic carbocycles. The Kier molecular flexibility index (Phi) is 5.42. The molecule has 2 aromatic rings. The summed E-state index contributed by atoms with van der Waals surface area (Å²) in [6, 6.07) is 8.91. The van der Waals surface area contributed by atoms with E-state index in [2.05, 4.69) is 10.3 Å². The van der Waals surface area contributed by atoms with Crippen LogP contribution in [0.15, 0.2) is 42.7 Å². The number of aromatic nitrogens is 1. The van der Waals surface area contributed by atoms with E-state index in [4.69, 9.17) is 0 Å². The highest BCUT2D eigenvalue weighted by molar-refractivity contribution is 5.63. The molecule has 0 saturated heterocycles. The maximum absolute atomic E-state index is 14.1. The second-order valence-electron chi connectivity index (χ2n) is 5.48. The molecule has 1 aromatic heterocycles. The van der Waals surface area contributed by atoms with E-state index in [1.54, 1.807) is 18.5 Å². The number of halogens is 1. The van der Waals surface area contributed by atoms with Crippen molar-refractivity contribution in [3.63, 3.8) is 0 Å². The van der Waals surface area contributed by atoms with Crippen LogP contribution in [0.4, 0.5) is 4.39 Å². The quantitative estimate of drug-likeness (QED) is 0.859. The average Bonchev–Trinajstić information content (AvgIpc) is 2.49. The summed E-state index contributed by atoms with van der Waals surface area (Å²) in [6.45, 7) is 4.78. The molecule has 21 heavy (non-hydrogen) atoms. The molecule has 3 nitrogen and oxygen atoms in total. The second-order valence-corrected chi connectivity index (χ2v) is 5.48. The first-order valence-electron chi connectivity index (χ1n) is 7.15. The van der Waals surface area contributed by atoms with Crippen LogP contribution in [0.3, 0.4) is 0 Å². The maximum Gasteiger partial charge on any atom is 0.128 e. The summed E-state index contributed by atoms with van der Waals surface area (Å²) >= 11 is 0. The van der Waals surface area contributed by atoms with Crippen molar-refractivity contribution in [3.8, 4) is 11.1 Å². The van der Waals surface area contributed by atoms with Gasteiger partial charge in [0.1, 0.15) is 5.82 Å². The Labute approximate surface area is 124 Å². The first-order chi connectivity index (χ1) is 10.1. The van der Waals surface area contributed by atoms with E-state index in [0.717, 1.165) is 11.1 Å². The third kappa shape index (κ3) is 4.34. The van der Waals surface area contributed by atoms with Gasteiger partial charge in [-0.15, -0.1) is 0 Å². The molecule has 0 fully saturated rings. The van der Waals surface area contributed by atoms with Gasteiger partial charge in [0.2, 0.25) is 0 Å². The summed E-state index contributed by atoms with van der Waals surface area (Å²) in [6.07, 6.45) is 2.97. The summed E-state index contributed by atoms with van der Waals surface area (Å²) in [7, 11) is 0. The van der Waals surface area contributed by atoms with E-state index in [1.165, 1.54) is 6.07 Å². The number of nitrogens with zero attached hydrogens (tertiary/aromatic N) is 1. The zero-order valence-corrected chi connectivity index (χ0v) is 12.4. The first-order valence-corrected chi connectivity index (χ1v) is 7.15. The monoisotopic (exact) mass is 288 g/mol. The number of aliphatic hydroxyl groups excluding tert-OH is 1. The van der Waals surface area contributed by atoms with Gasteiger partial charge in [-0.2, -0.15) is 0 Å². The lowest BCUT2D eigenvalue weighted by Crippen LogP contribution is -2.30. The topological polar surface area (TPSA) is 45.1 Å². The van der Waals surface area contributed by atoms with Gasteiger partial charge in [-0.05, 0) is 35.2 Å². The van der Waals surface area contributed by atoms with Crippen molar-refractivity contribution in [1.82, 2.24) is 10.3 Å². The van der Waals surface area contributed by atoms with E-state index in [9.17, 15) is 9.50 Å². The van der Waals surface area contributed by atoms with Gasteiger partial charge in [0.05, 0.1) is 6.10 Å². The number of hydrogen-bond acceptors (Lipinski definition) is 3. The van der Waals surface area contributed by atoms with Gasteiger partial charge in [0, 0.05) is 31.0 Å². The highest BCUT2D eigenvalue weighted by Crippen LogP contribution is 2.21. The lowest BCUT2D eigenvalue weighted by Gasteiger charge is -2.15. The molecule has 1 atom stereocenters. The molecule has 0 amide bonds. The van der Waals surface area contributed by atoms with E-state index >= 15 is 0 Å².